The number of benzene rings is 1. The molecule has 1 N–H and O–H groups in total. The molecule has 0 radical (unpaired) electrons. The van der Waals surface area contributed by atoms with Crippen molar-refractivity contribution in [3.05, 3.63) is 28.5 Å². The van der Waals surface area contributed by atoms with Crippen LogP contribution in [0.5, 0.6) is 0 Å². The lowest BCUT2D eigenvalue weighted by molar-refractivity contribution is 0.123. The summed E-state index contributed by atoms with van der Waals surface area (Å²) in [5, 5.41) is 0. The van der Waals surface area contributed by atoms with E-state index in [4.69, 9.17) is 4.74 Å². The number of rotatable bonds is 8. The second-order valence-electron chi connectivity index (χ2n) is 4.84. The summed E-state index contributed by atoms with van der Waals surface area (Å²) in [6.45, 7) is 1.51. The summed E-state index contributed by atoms with van der Waals surface area (Å²) in [5.74, 6) is -0.0691. The molecule has 0 spiro atoms. The fourth-order valence-electron chi connectivity index (χ4n) is 1.69. The van der Waals surface area contributed by atoms with E-state index in [1.807, 2.05) is 0 Å². The summed E-state index contributed by atoms with van der Waals surface area (Å²) in [4.78, 5) is -0.334. The molecule has 20 heavy (non-hydrogen) atoms. The molecule has 2 rings (SSSR count). The van der Waals surface area contributed by atoms with Crippen LogP contribution in [0.3, 0.4) is 0 Å². The molecule has 1 aromatic carbocycles. The van der Waals surface area contributed by atoms with Gasteiger partial charge in [0, 0.05) is 24.2 Å². The minimum absolute atomic E-state index is 0.239. The van der Waals surface area contributed by atoms with E-state index in [0.717, 1.165) is 12.7 Å². The highest BCUT2D eigenvalue weighted by atomic mass is 79.9. The number of ether oxygens (including phenoxy) is 1. The van der Waals surface area contributed by atoms with Crippen molar-refractivity contribution in [3.63, 3.8) is 0 Å². The molecule has 0 bridgehead atoms. The summed E-state index contributed by atoms with van der Waals surface area (Å²) in [6, 6.07) is 3.87. The fourth-order valence-corrected chi connectivity index (χ4v) is 3.15. The topological polar surface area (TPSA) is 55.4 Å². The summed E-state index contributed by atoms with van der Waals surface area (Å²) in [6.07, 6.45) is 3.04. The van der Waals surface area contributed by atoms with Gasteiger partial charge >= 0.3 is 0 Å². The molecule has 1 aliphatic rings. The van der Waals surface area contributed by atoms with Crippen LogP contribution in [-0.2, 0) is 14.8 Å². The molecule has 0 heterocycles. The van der Waals surface area contributed by atoms with Gasteiger partial charge in [-0.3, -0.25) is 0 Å². The van der Waals surface area contributed by atoms with Crippen molar-refractivity contribution in [2.45, 2.75) is 24.2 Å². The molecule has 112 valence electrons. The van der Waals surface area contributed by atoms with Gasteiger partial charge in [0.25, 0.3) is 0 Å². The Morgan fingerprint density at radius 3 is 2.80 bits per heavy atom. The smallest absolute Gasteiger partial charge is 0.243 e. The standard InChI is InChI=1S/C13H17BrFNO3S/c14-11-4-5-13(12(15)8-11)20(17,18)16-6-1-7-19-9-10-2-3-10/h4-5,8,10,16H,1-3,6-7,9H2. The Labute approximate surface area is 126 Å². The zero-order valence-corrected chi connectivity index (χ0v) is 13.3. The van der Waals surface area contributed by atoms with Crippen molar-refractivity contribution < 1.29 is 17.5 Å². The lowest BCUT2D eigenvalue weighted by Gasteiger charge is -2.08. The highest BCUT2D eigenvalue weighted by Crippen LogP contribution is 2.28. The molecule has 1 fully saturated rings. The van der Waals surface area contributed by atoms with Gasteiger partial charge in [0.1, 0.15) is 10.7 Å². The quantitative estimate of drug-likeness (QED) is 0.720. The Bertz CT molecular complexity index is 561. The van der Waals surface area contributed by atoms with Crippen LogP contribution in [0.1, 0.15) is 19.3 Å². The maximum atomic E-state index is 13.6. The fraction of sp³-hybridized carbons (Fsp3) is 0.538. The average molecular weight is 366 g/mol. The summed E-state index contributed by atoms with van der Waals surface area (Å²) >= 11 is 3.09. The molecule has 0 saturated heterocycles. The minimum atomic E-state index is -3.80. The molecule has 7 heteroatoms. The molecule has 1 aliphatic carbocycles. The van der Waals surface area contributed by atoms with Gasteiger partial charge in [-0.25, -0.2) is 17.5 Å². The maximum absolute atomic E-state index is 13.6. The molecule has 0 unspecified atom stereocenters. The van der Waals surface area contributed by atoms with Crippen LogP contribution in [-0.4, -0.2) is 28.2 Å². The first-order valence-electron chi connectivity index (χ1n) is 6.51. The Hall–Kier alpha value is -0.500. The zero-order valence-electron chi connectivity index (χ0n) is 10.9. The number of hydrogen-bond donors (Lipinski definition) is 1. The number of halogens is 2. The van der Waals surface area contributed by atoms with Gasteiger partial charge < -0.3 is 4.74 Å². The Balaban J connectivity index is 1.77. The maximum Gasteiger partial charge on any atom is 0.243 e. The third-order valence-electron chi connectivity index (χ3n) is 2.99. The van der Waals surface area contributed by atoms with E-state index < -0.39 is 15.8 Å². The zero-order chi connectivity index (χ0) is 14.6. The van der Waals surface area contributed by atoms with E-state index in [1.165, 1.54) is 25.0 Å². The van der Waals surface area contributed by atoms with Crippen molar-refractivity contribution in [3.8, 4) is 0 Å². The van der Waals surface area contributed by atoms with E-state index in [0.29, 0.717) is 23.4 Å². The third kappa shape index (κ3) is 4.80. The van der Waals surface area contributed by atoms with Crippen LogP contribution in [0, 0.1) is 11.7 Å². The minimum Gasteiger partial charge on any atom is -0.381 e. The lowest BCUT2D eigenvalue weighted by Crippen LogP contribution is -2.26. The van der Waals surface area contributed by atoms with Crippen molar-refractivity contribution in [2.24, 2.45) is 5.92 Å². The highest BCUT2D eigenvalue weighted by Gasteiger charge is 2.21. The molecule has 0 aliphatic heterocycles. The predicted molar refractivity (Wildman–Crippen MR) is 77.4 cm³/mol. The molecule has 1 saturated carbocycles. The first-order valence-corrected chi connectivity index (χ1v) is 8.79. The lowest BCUT2D eigenvalue weighted by atomic mass is 10.3. The van der Waals surface area contributed by atoms with Crippen molar-refractivity contribution in [1.82, 2.24) is 4.72 Å². The van der Waals surface area contributed by atoms with E-state index in [9.17, 15) is 12.8 Å². The molecule has 0 aromatic heterocycles. The predicted octanol–water partition coefficient (Wildman–Crippen LogP) is 2.68. The van der Waals surface area contributed by atoms with Crippen LogP contribution in [0.15, 0.2) is 27.6 Å². The number of nitrogens with one attached hydrogen (secondary N) is 1. The van der Waals surface area contributed by atoms with Gasteiger partial charge in [-0.15, -0.1) is 0 Å². The largest absolute Gasteiger partial charge is 0.381 e. The van der Waals surface area contributed by atoms with Gasteiger partial charge in [0.2, 0.25) is 10.0 Å². The van der Waals surface area contributed by atoms with Gasteiger partial charge in [0.05, 0.1) is 0 Å². The normalized spacial score (nSPS) is 15.5. The number of hydrogen-bond acceptors (Lipinski definition) is 3. The second-order valence-corrected chi connectivity index (χ2v) is 7.50. The second kappa shape index (κ2) is 6.98. The van der Waals surface area contributed by atoms with Crippen molar-refractivity contribution in [2.75, 3.05) is 19.8 Å². The van der Waals surface area contributed by atoms with Crippen molar-refractivity contribution >= 4 is 26.0 Å². The highest BCUT2D eigenvalue weighted by molar-refractivity contribution is 9.10. The first-order chi connectivity index (χ1) is 9.49. The Morgan fingerprint density at radius 1 is 1.40 bits per heavy atom. The van der Waals surface area contributed by atoms with Gasteiger partial charge in [-0.05, 0) is 43.4 Å². The van der Waals surface area contributed by atoms with Crippen LogP contribution >= 0.6 is 15.9 Å². The van der Waals surface area contributed by atoms with Gasteiger partial charge in [-0.2, -0.15) is 0 Å². The molecule has 0 amide bonds. The van der Waals surface area contributed by atoms with E-state index in [-0.39, 0.29) is 11.4 Å². The SMILES string of the molecule is O=S(=O)(NCCCOCC1CC1)c1ccc(Br)cc1F. The van der Waals surface area contributed by atoms with Crippen LogP contribution in [0.2, 0.25) is 0 Å². The summed E-state index contributed by atoms with van der Waals surface area (Å²) < 4.78 is 45.7. The third-order valence-corrected chi connectivity index (χ3v) is 4.98. The van der Waals surface area contributed by atoms with Crippen LogP contribution in [0.25, 0.3) is 0 Å². The summed E-state index contributed by atoms with van der Waals surface area (Å²) in [5.41, 5.74) is 0. The first kappa shape index (κ1) is 15.9. The van der Waals surface area contributed by atoms with Gasteiger partial charge in [0.15, 0.2) is 0 Å². The van der Waals surface area contributed by atoms with E-state index in [2.05, 4.69) is 20.7 Å². The average Bonchev–Trinajstić information content (AvgIpc) is 3.17. The molecular weight excluding hydrogens is 349 g/mol. The van der Waals surface area contributed by atoms with Crippen molar-refractivity contribution in [1.29, 1.82) is 0 Å². The van der Waals surface area contributed by atoms with Crippen LogP contribution < -0.4 is 4.72 Å². The molecule has 1 aromatic rings. The van der Waals surface area contributed by atoms with Gasteiger partial charge in [-0.1, -0.05) is 15.9 Å². The number of sulfonamides is 1. The molecule has 0 atom stereocenters. The molecular formula is C13H17BrFNO3S. The monoisotopic (exact) mass is 365 g/mol. The molecule has 4 nitrogen and oxygen atoms in total. The Morgan fingerprint density at radius 2 is 2.15 bits per heavy atom. The Kier molecular flexibility index (Phi) is 5.54. The summed E-state index contributed by atoms with van der Waals surface area (Å²) in [7, 11) is -3.80. The van der Waals surface area contributed by atoms with Crippen LogP contribution in [0.4, 0.5) is 4.39 Å². The van der Waals surface area contributed by atoms with E-state index >= 15 is 0 Å². The van der Waals surface area contributed by atoms with E-state index in [1.54, 1.807) is 0 Å².